The Hall–Kier alpha value is -4.86. The molecular weight excluding hydrogens is 466 g/mol. The molecular formula is C26H23N3O7. The van der Waals surface area contributed by atoms with Crippen LogP contribution in [0.4, 0.5) is 17.1 Å². The molecule has 10 heteroatoms. The molecule has 0 saturated heterocycles. The second-order valence-electron chi connectivity index (χ2n) is 7.76. The zero-order valence-electron chi connectivity index (χ0n) is 19.8. The van der Waals surface area contributed by atoms with Crippen molar-refractivity contribution >= 4 is 28.9 Å². The van der Waals surface area contributed by atoms with Gasteiger partial charge in [-0.25, -0.2) is 4.79 Å². The van der Waals surface area contributed by atoms with E-state index in [-0.39, 0.29) is 17.0 Å². The van der Waals surface area contributed by atoms with Crippen LogP contribution in [0.5, 0.6) is 11.5 Å². The lowest BCUT2D eigenvalue weighted by molar-refractivity contribution is -0.384. The van der Waals surface area contributed by atoms with E-state index in [0.717, 1.165) is 0 Å². The highest BCUT2D eigenvalue weighted by atomic mass is 16.6. The van der Waals surface area contributed by atoms with Gasteiger partial charge in [-0.05, 0) is 54.1 Å². The van der Waals surface area contributed by atoms with Gasteiger partial charge in [0.15, 0.2) is 0 Å². The van der Waals surface area contributed by atoms with Crippen LogP contribution < -0.4 is 19.7 Å². The molecule has 0 aromatic heterocycles. The Kier molecular flexibility index (Phi) is 6.86. The molecule has 0 radical (unpaired) electrons. The maximum Gasteiger partial charge on any atom is 0.338 e. The molecule has 1 aliphatic heterocycles. The number of nitro benzene ring substituents is 1. The third-order valence-electron chi connectivity index (χ3n) is 5.75. The van der Waals surface area contributed by atoms with E-state index >= 15 is 0 Å². The smallest absolute Gasteiger partial charge is 0.338 e. The fourth-order valence-corrected chi connectivity index (χ4v) is 4.02. The van der Waals surface area contributed by atoms with Crippen molar-refractivity contribution in [3.63, 3.8) is 0 Å². The fourth-order valence-electron chi connectivity index (χ4n) is 4.02. The van der Waals surface area contributed by atoms with Gasteiger partial charge in [0.2, 0.25) is 0 Å². The number of non-ortho nitro benzene ring substituents is 1. The van der Waals surface area contributed by atoms with Crippen molar-refractivity contribution < 1.29 is 28.7 Å². The summed E-state index contributed by atoms with van der Waals surface area (Å²) < 4.78 is 15.5. The molecule has 1 unspecified atom stereocenters. The van der Waals surface area contributed by atoms with E-state index in [2.05, 4.69) is 5.32 Å². The number of ether oxygens (including phenoxy) is 3. The van der Waals surface area contributed by atoms with E-state index in [4.69, 9.17) is 14.2 Å². The average Bonchev–Trinajstić information content (AvgIpc) is 3.20. The summed E-state index contributed by atoms with van der Waals surface area (Å²) in [6.45, 7) is 0. The van der Waals surface area contributed by atoms with E-state index in [1.807, 2.05) is 0 Å². The Morgan fingerprint density at radius 1 is 0.944 bits per heavy atom. The number of amides is 1. The first-order valence-corrected chi connectivity index (χ1v) is 10.8. The third-order valence-corrected chi connectivity index (χ3v) is 5.75. The Bertz CT molecular complexity index is 1330. The minimum Gasteiger partial charge on any atom is -0.497 e. The van der Waals surface area contributed by atoms with Gasteiger partial charge in [-0.15, -0.1) is 0 Å². The molecule has 1 heterocycles. The predicted octanol–water partition coefficient (Wildman–Crippen LogP) is 4.24. The molecule has 0 fully saturated rings. The predicted molar refractivity (Wildman–Crippen MR) is 132 cm³/mol. The topological polar surface area (TPSA) is 120 Å². The minimum atomic E-state index is -0.987. The number of nitrogens with zero attached hydrogens (tertiary/aromatic N) is 2. The average molecular weight is 489 g/mol. The highest BCUT2D eigenvalue weighted by Crippen LogP contribution is 2.43. The lowest BCUT2D eigenvalue weighted by Crippen LogP contribution is -2.31. The molecule has 0 bridgehead atoms. The van der Waals surface area contributed by atoms with Crippen LogP contribution in [0.1, 0.15) is 11.6 Å². The van der Waals surface area contributed by atoms with Crippen molar-refractivity contribution in [2.45, 2.75) is 6.04 Å². The van der Waals surface area contributed by atoms with E-state index < -0.39 is 22.8 Å². The lowest BCUT2D eigenvalue weighted by atomic mass is 9.98. The van der Waals surface area contributed by atoms with Crippen molar-refractivity contribution in [2.75, 3.05) is 31.5 Å². The van der Waals surface area contributed by atoms with Crippen molar-refractivity contribution in [1.82, 2.24) is 0 Å². The van der Waals surface area contributed by atoms with Gasteiger partial charge in [0.05, 0.1) is 37.9 Å². The van der Waals surface area contributed by atoms with E-state index in [1.54, 1.807) is 54.6 Å². The summed E-state index contributed by atoms with van der Waals surface area (Å²) in [7, 11) is 4.28. The van der Waals surface area contributed by atoms with Crippen molar-refractivity contribution in [2.24, 2.45) is 0 Å². The molecule has 1 atom stereocenters. The molecule has 184 valence electrons. The Morgan fingerprint density at radius 3 is 2.11 bits per heavy atom. The summed E-state index contributed by atoms with van der Waals surface area (Å²) in [6.07, 6.45) is 0. The van der Waals surface area contributed by atoms with Gasteiger partial charge >= 0.3 is 5.97 Å². The van der Waals surface area contributed by atoms with E-state index in [1.165, 1.54) is 44.4 Å². The van der Waals surface area contributed by atoms with Crippen LogP contribution >= 0.6 is 0 Å². The summed E-state index contributed by atoms with van der Waals surface area (Å²) in [4.78, 5) is 39.2. The number of hydrogen-bond donors (Lipinski definition) is 1. The Balaban J connectivity index is 1.89. The van der Waals surface area contributed by atoms with Gasteiger partial charge in [-0.1, -0.05) is 12.1 Å². The maximum absolute atomic E-state index is 13.8. The summed E-state index contributed by atoms with van der Waals surface area (Å²) >= 11 is 0. The highest BCUT2D eigenvalue weighted by Gasteiger charge is 2.45. The van der Waals surface area contributed by atoms with Crippen molar-refractivity contribution in [1.29, 1.82) is 0 Å². The normalized spacial score (nSPS) is 15.0. The summed E-state index contributed by atoms with van der Waals surface area (Å²) in [5.41, 5.74) is 1.23. The number of nitrogens with one attached hydrogen (secondary N) is 1. The monoisotopic (exact) mass is 489 g/mol. The van der Waals surface area contributed by atoms with Crippen LogP contribution in [-0.2, 0) is 14.3 Å². The van der Waals surface area contributed by atoms with Gasteiger partial charge in [-0.3, -0.25) is 19.8 Å². The molecule has 4 rings (SSSR count). The summed E-state index contributed by atoms with van der Waals surface area (Å²) in [5.74, 6) is -0.0513. The first-order chi connectivity index (χ1) is 17.4. The standard InChI is InChI=1S/C26H23N3O7/c1-34-20-11-7-17(8-12-20)27-23-22(26(31)36-3)24(16-5-4-6-19(15-16)29(32)33)28(25(23)30)18-9-13-21(35-2)14-10-18/h4-15,24,27H,1-3H3. The van der Waals surface area contributed by atoms with Gasteiger partial charge in [-0.2, -0.15) is 0 Å². The van der Waals surface area contributed by atoms with Gasteiger partial charge in [0.1, 0.15) is 17.2 Å². The first kappa shape index (κ1) is 24.3. The van der Waals surface area contributed by atoms with Gasteiger partial charge in [0, 0.05) is 23.5 Å². The molecule has 3 aromatic carbocycles. The molecule has 0 spiro atoms. The van der Waals surface area contributed by atoms with E-state index in [0.29, 0.717) is 28.4 Å². The Labute approximate surface area is 206 Å². The second-order valence-corrected chi connectivity index (χ2v) is 7.76. The first-order valence-electron chi connectivity index (χ1n) is 10.8. The number of methoxy groups -OCH3 is 3. The SMILES string of the molecule is COC(=O)C1=C(Nc2ccc(OC)cc2)C(=O)N(c2ccc(OC)cc2)C1c1cccc([N+](=O)[O-])c1. The summed E-state index contributed by atoms with van der Waals surface area (Å²) in [5, 5.41) is 14.5. The number of anilines is 2. The maximum atomic E-state index is 13.8. The van der Waals surface area contributed by atoms with Crippen LogP contribution in [0.15, 0.2) is 84.1 Å². The van der Waals surface area contributed by atoms with Crippen LogP contribution in [0.25, 0.3) is 0 Å². The van der Waals surface area contributed by atoms with Crippen LogP contribution in [0.3, 0.4) is 0 Å². The number of esters is 1. The molecule has 0 aliphatic carbocycles. The fraction of sp³-hybridized carbons (Fsp3) is 0.154. The molecule has 1 N–H and O–H groups in total. The molecule has 36 heavy (non-hydrogen) atoms. The largest absolute Gasteiger partial charge is 0.497 e. The second kappa shape index (κ2) is 10.2. The number of carbonyl (C=O) groups is 2. The zero-order valence-corrected chi connectivity index (χ0v) is 19.8. The highest BCUT2D eigenvalue weighted by molar-refractivity contribution is 6.18. The zero-order chi connectivity index (χ0) is 25.8. The van der Waals surface area contributed by atoms with Crippen molar-refractivity contribution in [3.05, 3.63) is 99.7 Å². The number of nitro groups is 1. The van der Waals surface area contributed by atoms with Crippen LogP contribution in [0.2, 0.25) is 0 Å². The summed E-state index contributed by atoms with van der Waals surface area (Å²) in [6, 6.07) is 18.4. The number of carbonyl (C=O) groups excluding carboxylic acids is 2. The minimum absolute atomic E-state index is 0.000610. The van der Waals surface area contributed by atoms with Crippen molar-refractivity contribution in [3.8, 4) is 11.5 Å². The Morgan fingerprint density at radius 2 is 1.56 bits per heavy atom. The third kappa shape index (κ3) is 4.56. The molecule has 1 aliphatic rings. The lowest BCUT2D eigenvalue weighted by Gasteiger charge is -2.27. The van der Waals surface area contributed by atoms with Gasteiger partial charge < -0.3 is 19.5 Å². The van der Waals surface area contributed by atoms with Gasteiger partial charge in [0.25, 0.3) is 11.6 Å². The van der Waals surface area contributed by atoms with Crippen LogP contribution in [0, 0.1) is 10.1 Å². The number of benzene rings is 3. The quantitative estimate of drug-likeness (QED) is 0.283. The molecule has 10 nitrogen and oxygen atoms in total. The molecule has 0 saturated carbocycles. The number of hydrogen-bond acceptors (Lipinski definition) is 8. The van der Waals surface area contributed by atoms with E-state index in [9.17, 15) is 19.7 Å². The molecule has 1 amide bonds. The molecule has 3 aromatic rings. The number of rotatable bonds is 8. The van der Waals surface area contributed by atoms with Crippen LogP contribution in [-0.4, -0.2) is 38.1 Å².